The van der Waals surface area contributed by atoms with E-state index in [1.54, 1.807) is 4.90 Å². The third-order valence-electron chi connectivity index (χ3n) is 3.66. The van der Waals surface area contributed by atoms with Crippen LogP contribution in [0.5, 0.6) is 0 Å². The Bertz CT molecular complexity index is 300. The van der Waals surface area contributed by atoms with Gasteiger partial charge in [0, 0.05) is 19.5 Å². The van der Waals surface area contributed by atoms with Crippen LogP contribution in [0.4, 0.5) is 0 Å². The second kappa shape index (κ2) is 5.49. The maximum absolute atomic E-state index is 12.2. The quantitative estimate of drug-likeness (QED) is 0.712. The van der Waals surface area contributed by atoms with Gasteiger partial charge in [0.15, 0.2) is 0 Å². The van der Waals surface area contributed by atoms with Crippen molar-refractivity contribution in [3.05, 3.63) is 0 Å². The Kier molecular flexibility index (Phi) is 3.99. The van der Waals surface area contributed by atoms with Crippen molar-refractivity contribution in [1.82, 2.24) is 15.5 Å². The fourth-order valence-corrected chi connectivity index (χ4v) is 2.67. The fraction of sp³-hybridized carbons (Fsp3) is 0.833. The minimum absolute atomic E-state index is 0.00310. The average Bonchev–Trinajstić information content (AvgIpc) is 2.81. The lowest BCUT2D eigenvalue weighted by molar-refractivity contribution is -0.143. The number of rotatable bonds is 3. The van der Waals surface area contributed by atoms with Crippen LogP contribution < -0.4 is 10.6 Å². The second-order valence-corrected chi connectivity index (χ2v) is 4.87. The van der Waals surface area contributed by atoms with Crippen molar-refractivity contribution in [2.75, 3.05) is 26.2 Å². The molecule has 2 amide bonds. The SMILES string of the molecule is CCC1C(=O)NCCN1C(=O)CC1CCNC1. The van der Waals surface area contributed by atoms with Crippen molar-refractivity contribution >= 4 is 11.8 Å². The topological polar surface area (TPSA) is 61.4 Å². The number of amides is 2. The molecule has 2 rings (SSSR count). The van der Waals surface area contributed by atoms with Gasteiger partial charge in [-0.25, -0.2) is 0 Å². The van der Waals surface area contributed by atoms with E-state index in [1.807, 2.05) is 6.92 Å². The van der Waals surface area contributed by atoms with Crippen LogP contribution in [0, 0.1) is 5.92 Å². The van der Waals surface area contributed by atoms with E-state index in [9.17, 15) is 9.59 Å². The molecule has 0 aliphatic carbocycles. The number of nitrogens with zero attached hydrogens (tertiary/aromatic N) is 1. The van der Waals surface area contributed by atoms with Crippen molar-refractivity contribution in [2.24, 2.45) is 5.92 Å². The molecule has 0 bridgehead atoms. The molecule has 0 spiro atoms. The zero-order valence-electron chi connectivity index (χ0n) is 10.4. The van der Waals surface area contributed by atoms with Gasteiger partial charge in [-0.2, -0.15) is 0 Å². The van der Waals surface area contributed by atoms with Crippen LogP contribution in [-0.4, -0.2) is 48.9 Å². The molecule has 2 unspecified atom stereocenters. The van der Waals surface area contributed by atoms with Gasteiger partial charge in [-0.15, -0.1) is 0 Å². The van der Waals surface area contributed by atoms with Gasteiger partial charge in [0.25, 0.3) is 0 Å². The van der Waals surface area contributed by atoms with Crippen LogP contribution in [-0.2, 0) is 9.59 Å². The standard InChI is InChI=1S/C12H21N3O2/c1-2-10-12(17)14-5-6-15(10)11(16)7-9-3-4-13-8-9/h9-10,13H,2-8H2,1H3,(H,14,17). The molecule has 2 N–H and O–H groups in total. The number of carbonyl (C=O) groups excluding carboxylic acids is 2. The summed E-state index contributed by atoms with van der Waals surface area (Å²) in [4.78, 5) is 25.6. The van der Waals surface area contributed by atoms with Crippen LogP contribution in [0.15, 0.2) is 0 Å². The van der Waals surface area contributed by atoms with Gasteiger partial charge in [-0.3, -0.25) is 9.59 Å². The maximum atomic E-state index is 12.2. The molecule has 2 aliphatic heterocycles. The lowest BCUT2D eigenvalue weighted by atomic mass is 10.0. The molecule has 96 valence electrons. The summed E-state index contributed by atoms with van der Waals surface area (Å²) in [6, 6.07) is -0.259. The predicted molar refractivity (Wildman–Crippen MR) is 64.4 cm³/mol. The summed E-state index contributed by atoms with van der Waals surface area (Å²) in [5.41, 5.74) is 0. The monoisotopic (exact) mass is 239 g/mol. The number of carbonyl (C=O) groups is 2. The molecular weight excluding hydrogens is 218 g/mol. The lowest BCUT2D eigenvalue weighted by Crippen LogP contribution is -2.57. The molecule has 2 heterocycles. The predicted octanol–water partition coefficient (Wildman–Crippen LogP) is -0.277. The Labute approximate surface area is 102 Å². The Balaban J connectivity index is 1.94. The summed E-state index contributed by atoms with van der Waals surface area (Å²) in [7, 11) is 0. The van der Waals surface area contributed by atoms with E-state index in [2.05, 4.69) is 10.6 Å². The van der Waals surface area contributed by atoms with E-state index in [1.165, 1.54) is 0 Å². The zero-order chi connectivity index (χ0) is 12.3. The first-order valence-electron chi connectivity index (χ1n) is 6.50. The molecule has 2 atom stereocenters. The molecule has 0 aromatic heterocycles. The summed E-state index contributed by atoms with van der Waals surface area (Å²) < 4.78 is 0. The van der Waals surface area contributed by atoms with E-state index in [0.29, 0.717) is 31.8 Å². The number of piperazine rings is 1. The van der Waals surface area contributed by atoms with Crippen molar-refractivity contribution in [2.45, 2.75) is 32.2 Å². The van der Waals surface area contributed by atoms with Crippen LogP contribution >= 0.6 is 0 Å². The highest BCUT2D eigenvalue weighted by molar-refractivity contribution is 5.88. The minimum Gasteiger partial charge on any atom is -0.353 e. The van der Waals surface area contributed by atoms with E-state index >= 15 is 0 Å². The van der Waals surface area contributed by atoms with Gasteiger partial charge < -0.3 is 15.5 Å². The maximum Gasteiger partial charge on any atom is 0.242 e. The largest absolute Gasteiger partial charge is 0.353 e. The molecule has 2 saturated heterocycles. The van der Waals surface area contributed by atoms with Crippen molar-refractivity contribution < 1.29 is 9.59 Å². The number of nitrogens with one attached hydrogen (secondary N) is 2. The number of hydrogen-bond donors (Lipinski definition) is 2. The average molecular weight is 239 g/mol. The van der Waals surface area contributed by atoms with Crippen LogP contribution in [0.2, 0.25) is 0 Å². The van der Waals surface area contributed by atoms with Crippen molar-refractivity contribution in [1.29, 1.82) is 0 Å². The summed E-state index contributed by atoms with van der Waals surface area (Å²) >= 11 is 0. The molecule has 0 saturated carbocycles. The smallest absolute Gasteiger partial charge is 0.242 e. The molecule has 5 nitrogen and oxygen atoms in total. The molecule has 2 aliphatic rings. The molecule has 17 heavy (non-hydrogen) atoms. The first kappa shape index (κ1) is 12.4. The first-order chi connectivity index (χ1) is 8.22. The Morgan fingerprint density at radius 3 is 2.94 bits per heavy atom. The third kappa shape index (κ3) is 2.77. The Morgan fingerprint density at radius 1 is 1.47 bits per heavy atom. The Morgan fingerprint density at radius 2 is 2.29 bits per heavy atom. The van der Waals surface area contributed by atoms with Crippen molar-refractivity contribution in [3.8, 4) is 0 Å². The molecule has 2 fully saturated rings. The summed E-state index contributed by atoms with van der Waals surface area (Å²) in [6.45, 7) is 5.14. The molecular formula is C12H21N3O2. The number of hydrogen-bond acceptors (Lipinski definition) is 3. The van der Waals surface area contributed by atoms with E-state index in [4.69, 9.17) is 0 Å². The van der Waals surface area contributed by atoms with Crippen molar-refractivity contribution in [3.63, 3.8) is 0 Å². The van der Waals surface area contributed by atoms with Gasteiger partial charge in [0.05, 0.1) is 0 Å². The molecule has 5 heteroatoms. The molecule has 0 radical (unpaired) electrons. The highest BCUT2D eigenvalue weighted by Crippen LogP contribution is 2.17. The van der Waals surface area contributed by atoms with Gasteiger partial charge in [-0.1, -0.05) is 6.92 Å². The van der Waals surface area contributed by atoms with Gasteiger partial charge >= 0.3 is 0 Å². The zero-order valence-corrected chi connectivity index (χ0v) is 10.4. The molecule has 0 aromatic rings. The highest BCUT2D eigenvalue weighted by Gasteiger charge is 2.32. The summed E-state index contributed by atoms with van der Waals surface area (Å²) in [5.74, 6) is 0.585. The first-order valence-corrected chi connectivity index (χ1v) is 6.50. The third-order valence-corrected chi connectivity index (χ3v) is 3.66. The normalized spacial score (nSPS) is 29.2. The minimum atomic E-state index is -0.259. The van der Waals surface area contributed by atoms with Gasteiger partial charge in [-0.05, 0) is 31.8 Å². The fourth-order valence-electron chi connectivity index (χ4n) is 2.67. The van der Waals surface area contributed by atoms with E-state index < -0.39 is 0 Å². The van der Waals surface area contributed by atoms with Crippen LogP contribution in [0.25, 0.3) is 0 Å². The Hall–Kier alpha value is -1.10. The second-order valence-electron chi connectivity index (χ2n) is 4.87. The van der Waals surface area contributed by atoms with E-state index in [-0.39, 0.29) is 17.9 Å². The van der Waals surface area contributed by atoms with E-state index in [0.717, 1.165) is 19.5 Å². The van der Waals surface area contributed by atoms with Gasteiger partial charge in [0.1, 0.15) is 6.04 Å². The lowest BCUT2D eigenvalue weighted by Gasteiger charge is -2.35. The highest BCUT2D eigenvalue weighted by atomic mass is 16.2. The van der Waals surface area contributed by atoms with Gasteiger partial charge in [0.2, 0.25) is 11.8 Å². The van der Waals surface area contributed by atoms with Crippen LogP contribution in [0.1, 0.15) is 26.2 Å². The van der Waals surface area contributed by atoms with Crippen LogP contribution in [0.3, 0.4) is 0 Å². The molecule has 0 aromatic carbocycles. The summed E-state index contributed by atoms with van der Waals surface area (Å²) in [5, 5.41) is 6.08. The summed E-state index contributed by atoms with van der Waals surface area (Å²) in [6.07, 6.45) is 2.35.